The third kappa shape index (κ3) is 4.04. The van der Waals surface area contributed by atoms with Gasteiger partial charge >= 0.3 is 0 Å². The number of amides is 2. The standard InChI is InChI=1S/C21H23F2N3O2/c1-25(17-7-3-15(22)4-8-17)19(27)13-21(11-12-24-14-21)20(28)26(2)18-9-5-16(23)6-10-18/h3-10,24H,11-14H2,1-2H3. The molecule has 1 saturated heterocycles. The average molecular weight is 387 g/mol. The molecule has 1 atom stereocenters. The van der Waals surface area contributed by atoms with Crippen LogP contribution in [0.25, 0.3) is 0 Å². The lowest BCUT2D eigenvalue weighted by Crippen LogP contribution is -2.47. The van der Waals surface area contributed by atoms with Gasteiger partial charge in [-0.2, -0.15) is 0 Å². The molecule has 0 bridgehead atoms. The number of nitrogens with one attached hydrogen (secondary N) is 1. The van der Waals surface area contributed by atoms with Crippen LogP contribution in [0.2, 0.25) is 0 Å². The molecule has 1 unspecified atom stereocenters. The quantitative estimate of drug-likeness (QED) is 0.858. The van der Waals surface area contributed by atoms with E-state index in [9.17, 15) is 18.4 Å². The maximum absolute atomic E-state index is 13.3. The molecule has 1 aliphatic rings. The number of carbonyl (C=O) groups excluding carboxylic acids is 2. The Kier molecular flexibility index (Phi) is 5.74. The molecule has 2 aromatic rings. The molecule has 1 aliphatic heterocycles. The summed E-state index contributed by atoms with van der Waals surface area (Å²) in [6.07, 6.45) is 0.554. The van der Waals surface area contributed by atoms with Gasteiger partial charge in [0.05, 0.1) is 5.41 Å². The minimum absolute atomic E-state index is 0.0260. The molecule has 28 heavy (non-hydrogen) atoms. The van der Waals surface area contributed by atoms with Crippen LogP contribution in [-0.4, -0.2) is 39.0 Å². The summed E-state index contributed by atoms with van der Waals surface area (Å²) in [6.45, 7) is 1.02. The number of benzene rings is 2. The van der Waals surface area contributed by atoms with E-state index in [1.165, 1.54) is 58.3 Å². The van der Waals surface area contributed by atoms with Crippen molar-refractivity contribution < 1.29 is 18.4 Å². The zero-order chi connectivity index (χ0) is 20.3. The van der Waals surface area contributed by atoms with Gasteiger partial charge in [-0.25, -0.2) is 8.78 Å². The smallest absolute Gasteiger partial charge is 0.234 e. The number of rotatable bonds is 5. The second-order valence-corrected chi connectivity index (χ2v) is 7.15. The maximum Gasteiger partial charge on any atom is 0.234 e. The second kappa shape index (κ2) is 8.06. The van der Waals surface area contributed by atoms with Crippen LogP contribution in [0.3, 0.4) is 0 Å². The van der Waals surface area contributed by atoms with Gasteiger partial charge in [-0.05, 0) is 61.5 Å². The van der Waals surface area contributed by atoms with E-state index in [4.69, 9.17) is 0 Å². The van der Waals surface area contributed by atoms with Crippen molar-refractivity contribution in [2.75, 3.05) is 37.0 Å². The molecule has 2 amide bonds. The van der Waals surface area contributed by atoms with Crippen molar-refractivity contribution >= 4 is 23.2 Å². The van der Waals surface area contributed by atoms with Crippen molar-refractivity contribution in [2.45, 2.75) is 12.8 Å². The van der Waals surface area contributed by atoms with Crippen LogP contribution in [0.5, 0.6) is 0 Å². The molecule has 1 fully saturated rings. The molecule has 148 valence electrons. The normalized spacial score (nSPS) is 18.7. The Labute approximate surface area is 162 Å². The predicted octanol–water partition coefficient (Wildman–Crippen LogP) is 2.96. The van der Waals surface area contributed by atoms with Crippen molar-refractivity contribution in [1.82, 2.24) is 5.32 Å². The van der Waals surface area contributed by atoms with Crippen LogP contribution in [0.15, 0.2) is 48.5 Å². The number of halogens is 2. The third-order valence-corrected chi connectivity index (χ3v) is 5.29. The van der Waals surface area contributed by atoms with Crippen LogP contribution in [0.4, 0.5) is 20.2 Å². The lowest BCUT2D eigenvalue weighted by Gasteiger charge is -2.32. The largest absolute Gasteiger partial charge is 0.316 e. The number of hydrogen-bond donors (Lipinski definition) is 1. The lowest BCUT2D eigenvalue weighted by molar-refractivity contribution is -0.132. The van der Waals surface area contributed by atoms with Gasteiger partial charge in [0.15, 0.2) is 0 Å². The predicted molar refractivity (Wildman–Crippen MR) is 104 cm³/mol. The van der Waals surface area contributed by atoms with Crippen LogP contribution >= 0.6 is 0 Å². The fourth-order valence-corrected chi connectivity index (χ4v) is 3.51. The molecule has 0 saturated carbocycles. The topological polar surface area (TPSA) is 52.7 Å². The van der Waals surface area contributed by atoms with Crippen molar-refractivity contribution in [2.24, 2.45) is 5.41 Å². The number of hydrogen-bond acceptors (Lipinski definition) is 3. The van der Waals surface area contributed by atoms with Gasteiger partial charge in [-0.15, -0.1) is 0 Å². The Morgan fingerprint density at radius 2 is 1.43 bits per heavy atom. The van der Waals surface area contributed by atoms with Gasteiger partial charge in [-0.1, -0.05) is 0 Å². The van der Waals surface area contributed by atoms with E-state index < -0.39 is 5.41 Å². The lowest BCUT2D eigenvalue weighted by atomic mass is 9.81. The first-order valence-electron chi connectivity index (χ1n) is 9.09. The number of carbonyl (C=O) groups is 2. The van der Waals surface area contributed by atoms with Gasteiger partial charge < -0.3 is 15.1 Å². The van der Waals surface area contributed by atoms with Crippen molar-refractivity contribution in [3.05, 3.63) is 60.2 Å². The molecule has 3 rings (SSSR count). The summed E-state index contributed by atoms with van der Waals surface area (Å²) in [6, 6.07) is 11.3. The molecule has 0 spiro atoms. The van der Waals surface area contributed by atoms with Crippen LogP contribution < -0.4 is 15.1 Å². The zero-order valence-electron chi connectivity index (χ0n) is 15.9. The summed E-state index contributed by atoms with van der Waals surface area (Å²) in [4.78, 5) is 29.1. The summed E-state index contributed by atoms with van der Waals surface area (Å²) in [5, 5.41) is 3.17. The molecule has 0 aliphatic carbocycles. The Morgan fingerprint density at radius 3 is 1.89 bits per heavy atom. The number of anilines is 2. The van der Waals surface area contributed by atoms with E-state index >= 15 is 0 Å². The second-order valence-electron chi connectivity index (χ2n) is 7.15. The molecular weight excluding hydrogens is 364 g/mol. The van der Waals surface area contributed by atoms with Gasteiger partial charge in [0.2, 0.25) is 11.8 Å². The van der Waals surface area contributed by atoms with E-state index in [0.717, 1.165) is 0 Å². The van der Waals surface area contributed by atoms with Crippen LogP contribution in [0, 0.1) is 17.0 Å². The van der Waals surface area contributed by atoms with E-state index in [2.05, 4.69) is 5.32 Å². The van der Waals surface area contributed by atoms with Crippen molar-refractivity contribution in [3.8, 4) is 0 Å². The molecule has 0 radical (unpaired) electrons. The first kappa shape index (κ1) is 19.9. The minimum atomic E-state index is -0.880. The van der Waals surface area contributed by atoms with E-state index in [1.54, 1.807) is 14.1 Å². The summed E-state index contributed by atoms with van der Waals surface area (Å²) in [7, 11) is 3.24. The monoisotopic (exact) mass is 387 g/mol. The summed E-state index contributed by atoms with van der Waals surface area (Å²) >= 11 is 0. The van der Waals surface area contributed by atoms with Gasteiger partial charge in [-0.3, -0.25) is 9.59 Å². The SMILES string of the molecule is CN(C(=O)CC1(C(=O)N(C)c2ccc(F)cc2)CCNC1)c1ccc(F)cc1. The van der Waals surface area contributed by atoms with E-state index in [-0.39, 0.29) is 29.9 Å². The molecule has 5 nitrogen and oxygen atoms in total. The fourth-order valence-electron chi connectivity index (χ4n) is 3.51. The van der Waals surface area contributed by atoms with Crippen LogP contribution in [-0.2, 0) is 9.59 Å². The Morgan fingerprint density at radius 1 is 0.929 bits per heavy atom. The summed E-state index contributed by atoms with van der Waals surface area (Å²) in [5.41, 5.74) is 0.248. The Bertz CT molecular complexity index is 847. The first-order chi connectivity index (χ1) is 13.3. The first-order valence-corrected chi connectivity index (χ1v) is 9.09. The summed E-state index contributed by atoms with van der Waals surface area (Å²) in [5.74, 6) is -1.17. The molecule has 1 heterocycles. The fraction of sp³-hybridized carbons (Fsp3) is 0.333. The Hall–Kier alpha value is -2.80. The Balaban J connectivity index is 1.79. The van der Waals surface area contributed by atoms with Crippen molar-refractivity contribution in [1.29, 1.82) is 0 Å². The molecule has 2 aromatic carbocycles. The highest BCUT2D eigenvalue weighted by atomic mass is 19.1. The molecule has 0 aromatic heterocycles. The number of nitrogens with zero attached hydrogens (tertiary/aromatic N) is 2. The molecule has 7 heteroatoms. The zero-order valence-corrected chi connectivity index (χ0v) is 15.9. The van der Waals surface area contributed by atoms with E-state index in [1.807, 2.05) is 0 Å². The third-order valence-electron chi connectivity index (χ3n) is 5.29. The highest BCUT2D eigenvalue weighted by Gasteiger charge is 2.45. The minimum Gasteiger partial charge on any atom is -0.316 e. The van der Waals surface area contributed by atoms with Crippen LogP contribution in [0.1, 0.15) is 12.8 Å². The average Bonchev–Trinajstić information content (AvgIpc) is 3.17. The summed E-state index contributed by atoms with van der Waals surface area (Å²) < 4.78 is 26.3. The highest BCUT2D eigenvalue weighted by molar-refractivity contribution is 6.02. The van der Waals surface area contributed by atoms with Crippen molar-refractivity contribution in [3.63, 3.8) is 0 Å². The highest BCUT2D eigenvalue weighted by Crippen LogP contribution is 2.34. The van der Waals surface area contributed by atoms with E-state index in [0.29, 0.717) is 30.9 Å². The van der Waals surface area contributed by atoms with Gasteiger partial charge in [0.1, 0.15) is 11.6 Å². The van der Waals surface area contributed by atoms with Gasteiger partial charge in [0, 0.05) is 38.4 Å². The molecule has 1 N–H and O–H groups in total. The molecular formula is C21H23F2N3O2. The maximum atomic E-state index is 13.3. The van der Waals surface area contributed by atoms with Gasteiger partial charge in [0.25, 0.3) is 0 Å².